The second-order valence-electron chi connectivity index (χ2n) is 12.5. The Labute approximate surface area is 242 Å². The van der Waals surface area contributed by atoms with E-state index in [1.54, 1.807) is 0 Å². The van der Waals surface area contributed by atoms with Crippen LogP contribution in [0.25, 0.3) is 43.6 Å². The summed E-state index contributed by atoms with van der Waals surface area (Å²) in [6, 6.07) is 26.2. The summed E-state index contributed by atoms with van der Waals surface area (Å²) in [6.45, 7) is 4.82. The molecular formula is C35H30N4O3. The van der Waals surface area contributed by atoms with Gasteiger partial charge in [-0.2, -0.15) is 0 Å². The SMILES string of the molecule is CN(C(=O)c1ccccc1)[C@@H]1C[C@@]2(C)O[C@@](C)(C1)n1c3ccccc3c3c4c(c5c6ccccc6n2c5c31)C(=O)NC4. The fraction of sp³-hybridized carbons (Fsp3) is 0.257. The molecule has 7 nitrogen and oxygen atoms in total. The van der Waals surface area contributed by atoms with Gasteiger partial charge in [0.1, 0.15) is 11.4 Å². The molecule has 2 aromatic heterocycles. The van der Waals surface area contributed by atoms with Crippen molar-refractivity contribution in [2.24, 2.45) is 0 Å². The molecule has 1 N–H and O–H groups in total. The van der Waals surface area contributed by atoms with Crippen LogP contribution < -0.4 is 5.32 Å². The maximum absolute atomic E-state index is 13.8. The molecule has 3 aliphatic rings. The Morgan fingerprint density at radius 2 is 1.38 bits per heavy atom. The summed E-state index contributed by atoms with van der Waals surface area (Å²) in [5, 5.41) is 7.40. The maximum Gasteiger partial charge on any atom is 0.253 e. The van der Waals surface area contributed by atoms with Crippen LogP contribution in [0.2, 0.25) is 0 Å². The molecule has 1 fully saturated rings. The number of aromatic nitrogens is 2. The van der Waals surface area contributed by atoms with Gasteiger partial charge in [0.15, 0.2) is 0 Å². The highest BCUT2D eigenvalue weighted by Crippen LogP contribution is 2.55. The summed E-state index contributed by atoms with van der Waals surface area (Å²) in [4.78, 5) is 29.2. The highest BCUT2D eigenvalue weighted by Gasteiger charge is 2.53. The molecule has 2 bridgehead atoms. The summed E-state index contributed by atoms with van der Waals surface area (Å²) in [5.41, 5.74) is 5.18. The van der Waals surface area contributed by atoms with E-state index in [4.69, 9.17) is 4.74 Å². The molecule has 0 unspecified atom stereocenters. The number of nitrogens with one attached hydrogen (secondary N) is 1. The molecule has 1 saturated heterocycles. The van der Waals surface area contributed by atoms with E-state index in [1.807, 2.05) is 48.3 Å². The minimum Gasteiger partial charge on any atom is -0.348 e. The molecule has 6 aromatic rings. The van der Waals surface area contributed by atoms with Gasteiger partial charge < -0.3 is 24.1 Å². The molecular weight excluding hydrogens is 524 g/mol. The number of nitrogens with zero attached hydrogens (tertiary/aromatic N) is 3. The van der Waals surface area contributed by atoms with Crippen LogP contribution >= 0.6 is 0 Å². The Bertz CT molecular complexity index is 2180. The van der Waals surface area contributed by atoms with Crippen molar-refractivity contribution in [1.29, 1.82) is 0 Å². The number of hydrogen-bond acceptors (Lipinski definition) is 3. The van der Waals surface area contributed by atoms with Crippen molar-refractivity contribution in [2.45, 2.75) is 50.7 Å². The molecule has 42 heavy (non-hydrogen) atoms. The first-order chi connectivity index (χ1) is 20.3. The molecule has 3 aliphatic heterocycles. The molecule has 0 aliphatic carbocycles. The number of rotatable bonds is 2. The Morgan fingerprint density at radius 3 is 2.02 bits per heavy atom. The van der Waals surface area contributed by atoms with E-state index in [2.05, 4.69) is 70.8 Å². The fourth-order valence-corrected chi connectivity index (χ4v) is 8.43. The predicted octanol–water partition coefficient (Wildman–Crippen LogP) is 6.46. The number of carbonyl (C=O) groups is 2. The molecule has 0 radical (unpaired) electrons. The van der Waals surface area contributed by atoms with Gasteiger partial charge in [0.05, 0.1) is 27.6 Å². The van der Waals surface area contributed by atoms with Crippen LogP contribution in [0.5, 0.6) is 0 Å². The van der Waals surface area contributed by atoms with Gasteiger partial charge in [-0.15, -0.1) is 0 Å². The van der Waals surface area contributed by atoms with Crippen molar-refractivity contribution >= 4 is 55.4 Å². The van der Waals surface area contributed by atoms with E-state index in [1.165, 1.54) is 0 Å². The van der Waals surface area contributed by atoms with Gasteiger partial charge in [0, 0.05) is 59.6 Å². The van der Waals surface area contributed by atoms with Gasteiger partial charge >= 0.3 is 0 Å². The average molecular weight is 555 g/mol. The van der Waals surface area contributed by atoms with E-state index in [0.717, 1.165) is 54.7 Å². The van der Waals surface area contributed by atoms with Crippen LogP contribution in [0, 0.1) is 0 Å². The summed E-state index contributed by atoms with van der Waals surface area (Å²) < 4.78 is 12.0. The van der Waals surface area contributed by atoms with E-state index < -0.39 is 11.4 Å². The van der Waals surface area contributed by atoms with Gasteiger partial charge in [0.2, 0.25) is 0 Å². The lowest BCUT2D eigenvalue weighted by Gasteiger charge is -2.50. The van der Waals surface area contributed by atoms with Crippen LogP contribution in [0.4, 0.5) is 0 Å². The van der Waals surface area contributed by atoms with E-state index in [0.29, 0.717) is 24.9 Å². The van der Waals surface area contributed by atoms with Crippen molar-refractivity contribution < 1.29 is 14.3 Å². The summed E-state index contributed by atoms with van der Waals surface area (Å²) >= 11 is 0. The lowest BCUT2D eigenvalue weighted by atomic mass is 9.90. The molecule has 2 amide bonds. The van der Waals surface area contributed by atoms with Gasteiger partial charge in [-0.25, -0.2) is 0 Å². The highest BCUT2D eigenvalue weighted by molar-refractivity contribution is 6.31. The summed E-state index contributed by atoms with van der Waals surface area (Å²) in [6.07, 6.45) is 1.24. The van der Waals surface area contributed by atoms with E-state index in [-0.39, 0.29) is 17.9 Å². The van der Waals surface area contributed by atoms with E-state index in [9.17, 15) is 9.59 Å². The lowest BCUT2D eigenvalue weighted by molar-refractivity contribution is -0.257. The second-order valence-corrected chi connectivity index (χ2v) is 12.5. The van der Waals surface area contributed by atoms with Gasteiger partial charge in [-0.1, -0.05) is 54.6 Å². The van der Waals surface area contributed by atoms with Crippen molar-refractivity contribution in [3.05, 3.63) is 95.6 Å². The number of carbonyl (C=O) groups excluding carboxylic acids is 2. The number of hydrogen-bond donors (Lipinski definition) is 1. The topological polar surface area (TPSA) is 68.5 Å². The van der Waals surface area contributed by atoms with Gasteiger partial charge in [-0.3, -0.25) is 9.59 Å². The van der Waals surface area contributed by atoms with Crippen molar-refractivity contribution in [2.75, 3.05) is 7.05 Å². The first-order valence-electron chi connectivity index (χ1n) is 14.6. The zero-order chi connectivity index (χ0) is 28.5. The third-order valence-corrected chi connectivity index (χ3v) is 9.98. The normalized spacial score (nSPS) is 24.5. The van der Waals surface area contributed by atoms with Crippen LogP contribution in [-0.4, -0.2) is 38.9 Å². The first-order valence-corrected chi connectivity index (χ1v) is 14.6. The van der Waals surface area contributed by atoms with Gasteiger partial charge in [0.25, 0.3) is 11.8 Å². The predicted molar refractivity (Wildman–Crippen MR) is 164 cm³/mol. The second kappa shape index (κ2) is 7.81. The number of benzene rings is 4. The van der Waals surface area contributed by atoms with Crippen molar-refractivity contribution in [3.8, 4) is 0 Å². The molecule has 7 heteroatoms. The number of fused-ring (bicyclic) bond motifs is 13. The van der Waals surface area contributed by atoms with Crippen LogP contribution in [0.1, 0.15) is 53.0 Å². The van der Waals surface area contributed by atoms with Crippen LogP contribution in [0.15, 0.2) is 78.9 Å². The smallest absolute Gasteiger partial charge is 0.253 e. The standard InChI is InChI=1S/C35H30N4O3/c1-34-17-21(37(3)33(41)20-11-5-4-6-12-20)18-35(2,42-34)39-26-16-10-8-14-23(26)28-29-24(19-36-32(29)40)27-22-13-7-9-15-25(22)38(34)30(27)31(28)39/h4-16,21H,17-19H2,1-3H3,(H,36,40)/t21-,34-,35+/m0/s1. The molecule has 0 saturated carbocycles. The zero-order valence-corrected chi connectivity index (χ0v) is 23.8. The number of amides is 2. The number of para-hydroxylation sites is 2. The number of ether oxygens (including phenoxy) is 1. The average Bonchev–Trinajstić information content (AvgIpc) is 3.65. The zero-order valence-electron chi connectivity index (χ0n) is 23.8. The Kier molecular flexibility index (Phi) is 4.46. The molecule has 4 aromatic carbocycles. The Morgan fingerprint density at radius 1 is 0.833 bits per heavy atom. The Hall–Kier alpha value is -4.62. The third-order valence-electron chi connectivity index (χ3n) is 9.98. The van der Waals surface area contributed by atoms with Crippen molar-refractivity contribution in [3.63, 3.8) is 0 Å². The Balaban J connectivity index is 1.42. The minimum absolute atomic E-state index is 0.00429. The summed E-state index contributed by atoms with van der Waals surface area (Å²) in [7, 11) is 1.92. The van der Waals surface area contributed by atoms with Crippen LogP contribution in [-0.2, 0) is 22.7 Å². The van der Waals surface area contributed by atoms with Crippen molar-refractivity contribution in [1.82, 2.24) is 19.4 Å². The molecule has 0 spiro atoms. The quantitative estimate of drug-likeness (QED) is 0.267. The van der Waals surface area contributed by atoms with Crippen LogP contribution in [0.3, 0.4) is 0 Å². The maximum atomic E-state index is 13.8. The van der Waals surface area contributed by atoms with E-state index >= 15 is 0 Å². The molecule has 208 valence electrons. The molecule has 5 heterocycles. The minimum atomic E-state index is -0.791. The lowest BCUT2D eigenvalue weighted by Crippen LogP contribution is -2.56. The fourth-order valence-electron chi connectivity index (χ4n) is 8.43. The monoisotopic (exact) mass is 554 g/mol. The van der Waals surface area contributed by atoms with Gasteiger partial charge in [-0.05, 0) is 43.7 Å². The highest BCUT2D eigenvalue weighted by atomic mass is 16.6. The molecule has 3 atom stereocenters. The third kappa shape index (κ3) is 2.79. The first kappa shape index (κ1) is 24.0. The molecule has 9 rings (SSSR count). The summed E-state index contributed by atoms with van der Waals surface area (Å²) in [5.74, 6) is -0.0214. The largest absolute Gasteiger partial charge is 0.348 e.